The van der Waals surface area contributed by atoms with Crippen LogP contribution < -0.4 is 21.3 Å². The second-order valence-electron chi connectivity index (χ2n) is 12.1. The smallest absolute Gasteiger partial charge is 0.408 e. The molecule has 3 rings (SSSR count). The largest absolute Gasteiger partial charge is 0.444 e. The molecule has 1 aromatic rings. The highest BCUT2D eigenvalue weighted by Crippen LogP contribution is 2.28. The molecule has 0 spiro atoms. The first-order chi connectivity index (χ1) is 19.4. The second kappa shape index (κ2) is 15.2. The van der Waals surface area contributed by atoms with Gasteiger partial charge >= 0.3 is 6.09 Å². The van der Waals surface area contributed by atoms with Crippen molar-refractivity contribution < 1.29 is 28.7 Å². The Labute approximate surface area is 247 Å². The van der Waals surface area contributed by atoms with Crippen LogP contribution in [0.4, 0.5) is 4.79 Å². The number of alkyl carbamates (subject to hydrolysis) is 1. The molecule has 0 radical (unpaired) electrons. The monoisotopic (exact) mass is 588 g/mol. The van der Waals surface area contributed by atoms with Crippen LogP contribution in [-0.4, -0.2) is 59.2 Å². The topological polar surface area (TPSA) is 143 Å². The fourth-order valence-electron chi connectivity index (χ4n) is 5.42. The standard InChI is InChI=1S/C30H44N4O6S/c1-30(2,3)40-29(39)34-23(17-20-12-8-5-9-13-20)27(37)32-22(16-19-10-6-4-7-11-19)26(36)33-24(28(38)41)18-21-14-15-31-25(21)35/h5,8-9,12-13,19,21-24H,4,6-7,10-11,14-18H2,1-3H3,(H,31,35)(H,32,37)(H,33,36)(H,34,39)(H,38,41)/t21-,22-,23-,24-/m0/s1. The van der Waals surface area contributed by atoms with Crippen LogP contribution in [-0.2, 0) is 30.3 Å². The third-order valence-corrected chi connectivity index (χ3v) is 7.83. The first-order valence-electron chi connectivity index (χ1n) is 14.6. The summed E-state index contributed by atoms with van der Waals surface area (Å²) in [6.07, 6.45) is 5.71. The average Bonchev–Trinajstić information content (AvgIpc) is 3.31. The van der Waals surface area contributed by atoms with E-state index in [4.69, 9.17) is 4.74 Å². The van der Waals surface area contributed by atoms with E-state index in [1.807, 2.05) is 30.3 Å². The van der Waals surface area contributed by atoms with E-state index in [0.29, 0.717) is 19.4 Å². The van der Waals surface area contributed by atoms with Gasteiger partial charge < -0.3 is 26.0 Å². The van der Waals surface area contributed by atoms with Gasteiger partial charge in [0.15, 0.2) is 0 Å². The van der Waals surface area contributed by atoms with Crippen molar-refractivity contribution in [2.75, 3.05) is 6.54 Å². The normalized spacial score (nSPS) is 19.8. The minimum absolute atomic E-state index is 0.140. The highest BCUT2D eigenvalue weighted by molar-refractivity contribution is 7.96. The van der Waals surface area contributed by atoms with Crippen molar-refractivity contribution in [1.29, 1.82) is 0 Å². The number of carbonyl (C=O) groups is 5. The van der Waals surface area contributed by atoms with E-state index < -0.39 is 52.7 Å². The third-order valence-electron chi connectivity index (χ3n) is 7.51. The molecule has 1 saturated carbocycles. The van der Waals surface area contributed by atoms with Gasteiger partial charge in [0, 0.05) is 18.9 Å². The Morgan fingerprint density at radius 1 is 0.902 bits per heavy atom. The number of thiol groups is 1. The van der Waals surface area contributed by atoms with E-state index in [9.17, 15) is 24.0 Å². The van der Waals surface area contributed by atoms with Crippen LogP contribution in [0.25, 0.3) is 0 Å². The number of nitrogens with one attached hydrogen (secondary N) is 4. The zero-order chi connectivity index (χ0) is 30.0. The van der Waals surface area contributed by atoms with Crippen LogP contribution in [0.2, 0.25) is 0 Å². The molecule has 2 aliphatic rings. The summed E-state index contributed by atoms with van der Waals surface area (Å²) in [6.45, 7) is 5.73. The molecular formula is C30H44N4O6S. The molecule has 0 bridgehead atoms. The van der Waals surface area contributed by atoms with Crippen molar-refractivity contribution in [2.24, 2.45) is 11.8 Å². The molecule has 1 aliphatic heterocycles. The SMILES string of the molecule is CC(C)(C)OC(=O)N[C@@H](Cc1ccccc1)C(=O)N[C@@H](CC1CCCCC1)C(=O)N[C@@H](C[C@@H]1CCNC1=O)C(=O)S. The van der Waals surface area contributed by atoms with Gasteiger partial charge in [-0.05, 0) is 51.5 Å². The summed E-state index contributed by atoms with van der Waals surface area (Å²) < 4.78 is 5.39. The summed E-state index contributed by atoms with van der Waals surface area (Å²) in [4.78, 5) is 64.3. The van der Waals surface area contributed by atoms with Gasteiger partial charge in [-0.3, -0.25) is 19.2 Å². The molecule has 4 N–H and O–H groups in total. The van der Waals surface area contributed by atoms with Gasteiger partial charge in [-0.15, -0.1) is 12.6 Å². The van der Waals surface area contributed by atoms with E-state index in [0.717, 1.165) is 37.7 Å². The lowest BCUT2D eigenvalue weighted by Crippen LogP contribution is -2.57. The zero-order valence-corrected chi connectivity index (χ0v) is 25.1. The van der Waals surface area contributed by atoms with Gasteiger partial charge in [0.1, 0.15) is 17.7 Å². The Bertz CT molecular complexity index is 1070. The minimum Gasteiger partial charge on any atom is -0.444 e. The van der Waals surface area contributed by atoms with E-state index in [-0.39, 0.29) is 24.7 Å². The maximum atomic E-state index is 13.7. The first kappa shape index (κ1) is 32.4. The zero-order valence-electron chi connectivity index (χ0n) is 24.2. The van der Waals surface area contributed by atoms with Crippen molar-refractivity contribution in [2.45, 2.75) is 102 Å². The summed E-state index contributed by atoms with van der Waals surface area (Å²) >= 11 is 3.96. The third kappa shape index (κ3) is 11.0. The molecule has 226 valence electrons. The maximum absolute atomic E-state index is 13.7. The van der Waals surface area contributed by atoms with Crippen LogP contribution in [0.3, 0.4) is 0 Å². The predicted molar refractivity (Wildman–Crippen MR) is 158 cm³/mol. The summed E-state index contributed by atoms with van der Waals surface area (Å²) in [6, 6.07) is 6.35. The summed E-state index contributed by atoms with van der Waals surface area (Å²) in [5.41, 5.74) is 0.0684. The number of rotatable bonds is 12. The lowest BCUT2D eigenvalue weighted by molar-refractivity contribution is -0.132. The van der Waals surface area contributed by atoms with Crippen molar-refractivity contribution in [3.63, 3.8) is 0 Å². The minimum atomic E-state index is -1.00. The number of amides is 4. The summed E-state index contributed by atoms with van der Waals surface area (Å²) in [5.74, 6) is -1.35. The highest BCUT2D eigenvalue weighted by Gasteiger charge is 2.34. The predicted octanol–water partition coefficient (Wildman–Crippen LogP) is 3.05. The molecule has 1 aromatic carbocycles. The van der Waals surface area contributed by atoms with E-state index in [1.54, 1.807) is 20.8 Å². The van der Waals surface area contributed by atoms with E-state index in [1.165, 1.54) is 0 Å². The molecule has 2 fully saturated rings. The Hall–Kier alpha value is -3.08. The van der Waals surface area contributed by atoms with Crippen LogP contribution in [0.1, 0.15) is 77.7 Å². The number of benzene rings is 1. The number of ether oxygens (including phenoxy) is 1. The Morgan fingerprint density at radius 3 is 2.12 bits per heavy atom. The summed E-state index contributed by atoms with van der Waals surface area (Å²) in [5, 5.41) is 10.5. The average molecular weight is 589 g/mol. The van der Waals surface area contributed by atoms with Gasteiger partial charge in [-0.1, -0.05) is 62.4 Å². The molecule has 1 saturated heterocycles. The maximum Gasteiger partial charge on any atom is 0.408 e. The van der Waals surface area contributed by atoms with Crippen molar-refractivity contribution in [1.82, 2.24) is 21.3 Å². The van der Waals surface area contributed by atoms with Crippen molar-refractivity contribution >= 4 is 41.6 Å². The molecule has 1 aliphatic carbocycles. The van der Waals surface area contributed by atoms with Gasteiger partial charge in [0.25, 0.3) is 0 Å². The fraction of sp³-hybridized carbons (Fsp3) is 0.633. The molecular weight excluding hydrogens is 544 g/mol. The first-order valence-corrected chi connectivity index (χ1v) is 15.0. The number of carbonyl (C=O) groups excluding carboxylic acids is 5. The van der Waals surface area contributed by atoms with Crippen LogP contribution in [0.15, 0.2) is 30.3 Å². The van der Waals surface area contributed by atoms with Crippen LogP contribution in [0, 0.1) is 11.8 Å². The Kier molecular flexibility index (Phi) is 12.1. The molecule has 0 aromatic heterocycles. The molecule has 11 heteroatoms. The van der Waals surface area contributed by atoms with E-state index >= 15 is 0 Å². The van der Waals surface area contributed by atoms with Gasteiger partial charge in [0.2, 0.25) is 22.8 Å². The van der Waals surface area contributed by atoms with Gasteiger partial charge in [0.05, 0.1) is 6.04 Å². The molecule has 0 unspecified atom stereocenters. The Morgan fingerprint density at radius 2 is 1.54 bits per heavy atom. The van der Waals surface area contributed by atoms with Crippen LogP contribution >= 0.6 is 12.6 Å². The summed E-state index contributed by atoms with van der Waals surface area (Å²) in [7, 11) is 0. The lowest BCUT2D eigenvalue weighted by atomic mass is 9.84. The second-order valence-corrected chi connectivity index (χ2v) is 12.5. The number of hydrogen-bond donors (Lipinski definition) is 5. The molecule has 4 amide bonds. The molecule has 4 atom stereocenters. The Balaban J connectivity index is 1.78. The lowest BCUT2D eigenvalue weighted by Gasteiger charge is -2.29. The quantitative estimate of drug-likeness (QED) is 0.238. The van der Waals surface area contributed by atoms with E-state index in [2.05, 4.69) is 33.9 Å². The molecule has 10 nitrogen and oxygen atoms in total. The molecule has 41 heavy (non-hydrogen) atoms. The van der Waals surface area contributed by atoms with Crippen molar-refractivity contribution in [3.8, 4) is 0 Å². The molecule has 1 heterocycles. The number of hydrogen-bond acceptors (Lipinski definition) is 6. The van der Waals surface area contributed by atoms with Crippen LogP contribution in [0.5, 0.6) is 0 Å². The van der Waals surface area contributed by atoms with Gasteiger partial charge in [-0.2, -0.15) is 0 Å². The highest BCUT2D eigenvalue weighted by atomic mass is 32.1. The van der Waals surface area contributed by atoms with Crippen molar-refractivity contribution in [3.05, 3.63) is 35.9 Å². The fourth-order valence-corrected chi connectivity index (χ4v) is 5.59. The van der Waals surface area contributed by atoms with Gasteiger partial charge in [-0.25, -0.2) is 4.79 Å².